The van der Waals surface area contributed by atoms with Crippen molar-refractivity contribution >= 4 is 27.5 Å². The lowest BCUT2D eigenvalue weighted by Gasteiger charge is -2.35. The Balaban J connectivity index is 1.82. The number of anilines is 1. The zero-order chi connectivity index (χ0) is 31.9. The van der Waals surface area contributed by atoms with Crippen LogP contribution in [-0.2, 0) is 32.6 Å². The molecule has 0 heterocycles. The van der Waals surface area contributed by atoms with E-state index in [-0.39, 0.29) is 29.5 Å². The largest absolute Gasteiger partial charge is 0.350 e. The highest BCUT2D eigenvalue weighted by atomic mass is 32.2. The highest BCUT2D eigenvalue weighted by Crippen LogP contribution is 2.27. The summed E-state index contributed by atoms with van der Waals surface area (Å²) in [6, 6.07) is 28.9. The number of benzene rings is 4. The van der Waals surface area contributed by atoms with E-state index in [9.17, 15) is 18.0 Å². The van der Waals surface area contributed by atoms with Crippen LogP contribution in [0.3, 0.4) is 0 Å². The van der Waals surface area contributed by atoms with Crippen molar-refractivity contribution in [2.75, 3.05) is 10.8 Å². The first kappa shape index (κ1) is 32.4. The normalized spacial score (nSPS) is 12.3. The van der Waals surface area contributed by atoms with E-state index in [1.165, 1.54) is 35.2 Å². The van der Waals surface area contributed by atoms with E-state index in [1.54, 1.807) is 18.2 Å². The maximum absolute atomic E-state index is 15.2. The minimum Gasteiger partial charge on any atom is -0.350 e. The van der Waals surface area contributed by atoms with E-state index >= 15 is 4.39 Å². The number of amides is 2. The predicted octanol–water partition coefficient (Wildman–Crippen LogP) is 5.88. The van der Waals surface area contributed by atoms with Crippen LogP contribution in [0.1, 0.15) is 37.5 Å². The van der Waals surface area contributed by atoms with Crippen molar-refractivity contribution in [2.24, 2.45) is 0 Å². The molecule has 44 heavy (non-hydrogen) atoms. The second-order valence-corrected chi connectivity index (χ2v) is 13.6. The number of carbonyl (C=O) groups excluding carboxylic acids is 2. The molecule has 7 nitrogen and oxygen atoms in total. The summed E-state index contributed by atoms with van der Waals surface area (Å²) in [5, 5.41) is 3.00. The van der Waals surface area contributed by atoms with Crippen LogP contribution in [0.2, 0.25) is 0 Å². The molecule has 4 rings (SSSR count). The van der Waals surface area contributed by atoms with Crippen LogP contribution in [0.25, 0.3) is 0 Å². The third-order valence-corrected chi connectivity index (χ3v) is 8.75. The molecule has 2 amide bonds. The van der Waals surface area contributed by atoms with Crippen LogP contribution in [0, 0.1) is 12.7 Å². The molecule has 1 N–H and O–H groups in total. The van der Waals surface area contributed by atoms with Gasteiger partial charge in [0.2, 0.25) is 11.8 Å². The Hall–Kier alpha value is -4.50. The number of carbonyl (C=O) groups is 2. The average Bonchev–Trinajstić information content (AvgIpc) is 2.99. The highest BCUT2D eigenvalue weighted by Gasteiger charge is 2.36. The molecule has 0 fully saturated rings. The Kier molecular flexibility index (Phi) is 10.2. The molecule has 0 aliphatic rings. The second kappa shape index (κ2) is 13.9. The van der Waals surface area contributed by atoms with Gasteiger partial charge in [0.25, 0.3) is 10.0 Å². The van der Waals surface area contributed by atoms with E-state index in [0.29, 0.717) is 0 Å². The smallest absolute Gasteiger partial charge is 0.264 e. The number of nitrogens with zero attached hydrogens (tertiary/aromatic N) is 2. The lowest BCUT2D eigenvalue weighted by Crippen LogP contribution is -2.56. The van der Waals surface area contributed by atoms with Gasteiger partial charge in [0.1, 0.15) is 18.4 Å². The first-order valence-corrected chi connectivity index (χ1v) is 15.8. The lowest BCUT2D eigenvalue weighted by molar-refractivity contribution is -0.140. The second-order valence-electron chi connectivity index (χ2n) is 11.7. The summed E-state index contributed by atoms with van der Waals surface area (Å²) in [4.78, 5) is 29.6. The van der Waals surface area contributed by atoms with Crippen LogP contribution in [0.5, 0.6) is 0 Å². The fourth-order valence-corrected chi connectivity index (χ4v) is 6.23. The van der Waals surface area contributed by atoms with Crippen molar-refractivity contribution in [3.63, 3.8) is 0 Å². The molecule has 230 valence electrons. The molecule has 0 saturated heterocycles. The summed E-state index contributed by atoms with van der Waals surface area (Å²) in [5.41, 5.74) is 1.75. The summed E-state index contributed by atoms with van der Waals surface area (Å²) in [6.07, 6.45) is 0.186. The summed E-state index contributed by atoms with van der Waals surface area (Å²) < 4.78 is 43.8. The van der Waals surface area contributed by atoms with Gasteiger partial charge in [-0.3, -0.25) is 13.9 Å². The van der Waals surface area contributed by atoms with Gasteiger partial charge < -0.3 is 10.2 Å². The van der Waals surface area contributed by atoms with Gasteiger partial charge in [0.15, 0.2) is 0 Å². The third kappa shape index (κ3) is 8.32. The zero-order valence-corrected chi connectivity index (χ0v) is 26.2. The number of hydrogen-bond donors (Lipinski definition) is 1. The van der Waals surface area contributed by atoms with E-state index in [4.69, 9.17) is 0 Å². The van der Waals surface area contributed by atoms with Crippen molar-refractivity contribution in [1.29, 1.82) is 0 Å². The molecule has 0 saturated carbocycles. The first-order chi connectivity index (χ1) is 20.8. The lowest BCUT2D eigenvalue weighted by atomic mass is 10.0. The molecule has 0 bridgehead atoms. The van der Waals surface area contributed by atoms with Gasteiger partial charge in [-0.2, -0.15) is 0 Å². The van der Waals surface area contributed by atoms with E-state index in [0.717, 1.165) is 27.1 Å². The molecule has 0 spiro atoms. The Morgan fingerprint density at radius 1 is 0.795 bits per heavy atom. The topological polar surface area (TPSA) is 86.8 Å². The van der Waals surface area contributed by atoms with Crippen molar-refractivity contribution in [1.82, 2.24) is 10.2 Å². The van der Waals surface area contributed by atoms with Crippen LogP contribution >= 0.6 is 0 Å². The minimum absolute atomic E-state index is 0.0324. The molecule has 4 aromatic rings. The minimum atomic E-state index is -4.37. The van der Waals surface area contributed by atoms with Crippen molar-refractivity contribution < 1.29 is 22.4 Å². The van der Waals surface area contributed by atoms with Gasteiger partial charge in [0, 0.05) is 18.5 Å². The SMILES string of the molecule is Cc1ccc(CN(C(=O)CN(c2ccccc2F)S(=O)(=O)c2ccccc2)C(Cc2ccccc2)C(=O)NC(C)(C)C)cc1. The van der Waals surface area contributed by atoms with Gasteiger partial charge in [-0.1, -0.05) is 90.5 Å². The number of hydrogen-bond acceptors (Lipinski definition) is 4. The highest BCUT2D eigenvalue weighted by molar-refractivity contribution is 7.92. The molecule has 0 radical (unpaired) electrons. The van der Waals surface area contributed by atoms with Gasteiger partial charge in [-0.25, -0.2) is 12.8 Å². The van der Waals surface area contributed by atoms with Crippen molar-refractivity contribution in [3.05, 3.63) is 132 Å². The summed E-state index contributed by atoms with van der Waals surface area (Å²) in [6.45, 7) is 6.81. The number of rotatable bonds is 11. The molecule has 1 unspecified atom stereocenters. The fraction of sp³-hybridized carbons (Fsp3) is 0.257. The van der Waals surface area contributed by atoms with Crippen LogP contribution in [-0.4, -0.2) is 43.3 Å². The number of nitrogens with one attached hydrogen (secondary N) is 1. The van der Waals surface area contributed by atoms with Gasteiger partial charge in [-0.05, 0) is 63.1 Å². The molecule has 0 aliphatic carbocycles. The van der Waals surface area contributed by atoms with Gasteiger partial charge >= 0.3 is 0 Å². The van der Waals surface area contributed by atoms with Crippen molar-refractivity contribution in [3.8, 4) is 0 Å². The molecule has 9 heteroatoms. The zero-order valence-electron chi connectivity index (χ0n) is 25.4. The summed E-state index contributed by atoms with van der Waals surface area (Å²) in [7, 11) is -4.37. The van der Waals surface area contributed by atoms with Crippen LogP contribution in [0.4, 0.5) is 10.1 Å². The molecule has 4 aromatic carbocycles. The van der Waals surface area contributed by atoms with Crippen LogP contribution < -0.4 is 9.62 Å². The maximum Gasteiger partial charge on any atom is 0.264 e. The maximum atomic E-state index is 15.2. The van der Waals surface area contributed by atoms with E-state index in [2.05, 4.69) is 5.32 Å². The summed E-state index contributed by atoms with van der Waals surface area (Å²) >= 11 is 0. The predicted molar refractivity (Wildman–Crippen MR) is 171 cm³/mol. The Morgan fingerprint density at radius 3 is 1.95 bits per heavy atom. The first-order valence-electron chi connectivity index (χ1n) is 14.4. The van der Waals surface area contributed by atoms with Gasteiger partial charge in [0.05, 0.1) is 10.6 Å². The Labute approximate surface area is 259 Å². The Bertz CT molecular complexity index is 1670. The number of aryl methyl sites for hydroxylation is 1. The third-order valence-electron chi connectivity index (χ3n) is 6.97. The molecule has 0 aromatic heterocycles. The molecular formula is C35H38FN3O4S. The van der Waals surface area contributed by atoms with Gasteiger partial charge in [-0.15, -0.1) is 0 Å². The van der Waals surface area contributed by atoms with E-state index < -0.39 is 39.9 Å². The number of halogens is 1. The molecular weight excluding hydrogens is 577 g/mol. The molecule has 1 atom stereocenters. The monoisotopic (exact) mass is 615 g/mol. The Morgan fingerprint density at radius 2 is 1.36 bits per heavy atom. The quantitative estimate of drug-likeness (QED) is 0.228. The summed E-state index contributed by atoms with van der Waals surface area (Å²) in [5.74, 6) is -1.83. The average molecular weight is 616 g/mol. The van der Waals surface area contributed by atoms with E-state index in [1.807, 2.05) is 82.3 Å². The standard InChI is InChI=1S/C35H38FN3O4S/c1-26-19-21-28(22-20-26)24-38(32(34(41)37-35(2,3)4)23-27-13-7-5-8-14-27)33(40)25-39(31-18-12-11-17-30(31)36)44(42,43)29-15-9-6-10-16-29/h5-22,32H,23-25H2,1-4H3,(H,37,41). The number of sulfonamides is 1. The van der Waals surface area contributed by atoms with Crippen molar-refractivity contribution in [2.45, 2.75) is 57.1 Å². The number of para-hydroxylation sites is 1. The molecule has 0 aliphatic heterocycles. The van der Waals surface area contributed by atoms with Crippen LogP contribution in [0.15, 0.2) is 114 Å². The fourth-order valence-electron chi connectivity index (χ4n) is 4.78.